The number of rotatable bonds is 4. The van der Waals surface area contributed by atoms with Gasteiger partial charge < -0.3 is 10.1 Å². The Hall–Kier alpha value is -2.56. The normalized spacial score (nSPS) is 9.57. The molecule has 0 saturated carbocycles. The average Bonchev–Trinajstić information content (AvgIpc) is 2.49. The van der Waals surface area contributed by atoms with E-state index < -0.39 is 0 Å². The quantitative estimate of drug-likeness (QED) is 0.379. The maximum absolute atomic E-state index is 8.33. The van der Waals surface area contributed by atoms with E-state index >= 15 is 0 Å². The Bertz CT molecular complexity index is 661. The van der Waals surface area contributed by atoms with Crippen LogP contribution in [0.2, 0.25) is 0 Å². The highest BCUT2D eigenvalue weighted by Crippen LogP contribution is 2.14. The van der Waals surface area contributed by atoms with Crippen LogP contribution in [0.5, 0.6) is 0 Å². The minimum atomic E-state index is 0.318. The lowest BCUT2D eigenvalue weighted by molar-refractivity contribution is 0.300. The maximum Gasteiger partial charge on any atom is 0.261 e. The molecular formula is C15H14N4OS. The maximum atomic E-state index is 8.33. The second-order valence-electron chi connectivity index (χ2n) is 4.42. The van der Waals surface area contributed by atoms with E-state index in [9.17, 15) is 0 Å². The predicted molar refractivity (Wildman–Crippen MR) is 87.4 cm³/mol. The molecule has 0 bridgehead atoms. The zero-order valence-corrected chi connectivity index (χ0v) is 12.3. The van der Waals surface area contributed by atoms with Crippen LogP contribution in [0.3, 0.4) is 0 Å². The molecule has 1 N–H and O–H groups in total. The highest BCUT2D eigenvalue weighted by Gasteiger charge is 2.00. The molecule has 0 aliphatic carbocycles. The Morgan fingerprint density at radius 3 is 2.48 bits per heavy atom. The first-order valence-electron chi connectivity index (χ1n) is 6.32. The summed E-state index contributed by atoms with van der Waals surface area (Å²) in [5.74, 6) is 0. The van der Waals surface area contributed by atoms with E-state index in [1.165, 1.54) is 5.56 Å². The molecule has 0 aromatic heterocycles. The number of azide groups is 1. The van der Waals surface area contributed by atoms with Crippen molar-refractivity contribution in [2.45, 2.75) is 13.5 Å². The van der Waals surface area contributed by atoms with E-state index in [0.29, 0.717) is 17.5 Å². The molecule has 0 unspecified atom stereocenters. The fourth-order valence-corrected chi connectivity index (χ4v) is 1.83. The molecule has 0 saturated heterocycles. The number of hydrogen-bond donors (Lipinski definition) is 1. The van der Waals surface area contributed by atoms with Gasteiger partial charge in [0.1, 0.15) is 6.61 Å². The van der Waals surface area contributed by atoms with Crippen molar-refractivity contribution in [2.24, 2.45) is 5.11 Å². The molecule has 6 heteroatoms. The van der Waals surface area contributed by atoms with Crippen LogP contribution in [-0.4, -0.2) is 5.17 Å². The smallest absolute Gasteiger partial charge is 0.261 e. The Kier molecular flexibility index (Phi) is 5.15. The summed E-state index contributed by atoms with van der Waals surface area (Å²) in [6.07, 6.45) is 0. The molecule has 5 nitrogen and oxygen atoms in total. The van der Waals surface area contributed by atoms with Gasteiger partial charge in [-0.25, -0.2) is 0 Å². The van der Waals surface area contributed by atoms with Crippen molar-refractivity contribution in [3.05, 3.63) is 70.1 Å². The third-order valence-corrected chi connectivity index (χ3v) is 2.98. The lowest BCUT2D eigenvalue weighted by Gasteiger charge is -2.10. The zero-order valence-electron chi connectivity index (χ0n) is 11.5. The largest absolute Gasteiger partial charge is 0.466 e. The highest BCUT2D eigenvalue weighted by molar-refractivity contribution is 7.80. The Morgan fingerprint density at radius 2 is 1.86 bits per heavy atom. The average molecular weight is 298 g/mol. The fourth-order valence-electron chi connectivity index (χ4n) is 1.65. The first-order valence-corrected chi connectivity index (χ1v) is 6.73. The van der Waals surface area contributed by atoms with Gasteiger partial charge in [-0.1, -0.05) is 47.1 Å². The van der Waals surface area contributed by atoms with Crippen LogP contribution in [-0.2, 0) is 11.3 Å². The second kappa shape index (κ2) is 7.28. The van der Waals surface area contributed by atoms with E-state index in [-0.39, 0.29) is 0 Å². The molecule has 2 rings (SSSR count). The molecule has 0 spiro atoms. The number of aryl methyl sites for hydroxylation is 1. The molecule has 106 valence electrons. The minimum absolute atomic E-state index is 0.318. The second-order valence-corrected chi connectivity index (χ2v) is 4.79. The SMILES string of the molecule is Cc1ccc(NC(=S)OCc2ccc(N=[N+]=[N-])cc2)cc1. The van der Waals surface area contributed by atoms with Gasteiger partial charge in [-0.2, -0.15) is 0 Å². The van der Waals surface area contributed by atoms with Crippen LogP contribution in [0.25, 0.3) is 10.4 Å². The van der Waals surface area contributed by atoms with Crippen molar-refractivity contribution < 1.29 is 4.74 Å². The van der Waals surface area contributed by atoms with Gasteiger partial charge in [-0.15, -0.1) is 0 Å². The van der Waals surface area contributed by atoms with Crippen molar-refractivity contribution in [3.8, 4) is 0 Å². The molecule has 2 aromatic rings. The highest BCUT2D eigenvalue weighted by atomic mass is 32.1. The Labute approximate surface area is 128 Å². The first-order chi connectivity index (χ1) is 10.2. The summed E-state index contributed by atoms with van der Waals surface area (Å²) in [6.45, 7) is 2.38. The predicted octanol–water partition coefficient (Wildman–Crippen LogP) is 4.85. The molecule has 0 aliphatic rings. The van der Waals surface area contributed by atoms with Gasteiger partial charge in [0.15, 0.2) is 0 Å². The van der Waals surface area contributed by atoms with Gasteiger partial charge in [-0.3, -0.25) is 0 Å². The molecule has 0 atom stereocenters. The fraction of sp³-hybridized carbons (Fsp3) is 0.133. The Balaban J connectivity index is 1.86. The Morgan fingerprint density at radius 1 is 1.19 bits per heavy atom. The van der Waals surface area contributed by atoms with E-state index in [1.54, 1.807) is 12.1 Å². The van der Waals surface area contributed by atoms with Crippen LogP contribution >= 0.6 is 12.2 Å². The molecule has 0 fully saturated rings. The van der Waals surface area contributed by atoms with Crippen molar-refractivity contribution in [1.29, 1.82) is 0 Å². The van der Waals surface area contributed by atoms with Gasteiger partial charge in [0.2, 0.25) is 0 Å². The molecule has 21 heavy (non-hydrogen) atoms. The lowest BCUT2D eigenvalue weighted by atomic mass is 10.2. The van der Waals surface area contributed by atoms with Crippen LogP contribution < -0.4 is 5.32 Å². The molecular weight excluding hydrogens is 284 g/mol. The third-order valence-electron chi connectivity index (χ3n) is 2.76. The summed E-state index contributed by atoms with van der Waals surface area (Å²) in [7, 11) is 0. The summed E-state index contributed by atoms with van der Waals surface area (Å²) in [6, 6.07) is 15.0. The summed E-state index contributed by atoms with van der Waals surface area (Å²) in [5.41, 5.74) is 11.9. The summed E-state index contributed by atoms with van der Waals surface area (Å²) < 4.78 is 5.48. The van der Waals surface area contributed by atoms with Gasteiger partial charge in [-0.05, 0) is 42.4 Å². The molecule has 0 radical (unpaired) electrons. The molecule has 0 heterocycles. The van der Waals surface area contributed by atoms with E-state index in [2.05, 4.69) is 15.3 Å². The lowest BCUT2D eigenvalue weighted by Crippen LogP contribution is -2.13. The van der Waals surface area contributed by atoms with Gasteiger partial charge in [0.05, 0.1) is 0 Å². The molecule has 0 amide bonds. The number of ether oxygens (including phenoxy) is 1. The topological polar surface area (TPSA) is 70.0 Å². The van der Waals surface area contributed by atoms with Crippen LogP contribution in [0.1, 0.15) is 11.1 Å². The monoisotopic (exact) mass is 298 g/mol. The summed E-state index contributed by atoms with van der Waals surface area (Å²) >= 11 is 5.14. The van der Waals surface area contributed by atoms with Crippen molar-refractivity contribution in [3.63, 3.8) is 0 Å². The van der Waals surface area contributed by atoms with Crippen molar-refractivity contribution in [2.75, 3.05) is 5.32 Å². The summed E-state index contributed by atoms with van der Waals surface area (Å²) in [4.78, 5) is 2.73. The van der Waals surface area contributed by atoms with Crippen LogP contribution in [0.15, 0.2) is 53.6 Å². The number of nitrogens with one attached hydrogen (secondary N) is 1. The summed E-state index contributed by atoms with van der Waals surface area (Å²) in [5, 5.41) is 6.84. The van der Waals surface area contributed by atoms with Gasteiger partial charge in [0.25, 0.3) is 5.17 Å². The number of nitrogens with zero attached hydrogens (tertiary/aromatic N) is 3. The number of thiocarbonyl (C=S) groups is 1. The van der Waals surface area contributed by atoms with Gasteiger partial charge >= 0.3 is 0 Å². The standard InChI is InChI=1S/C15H14N4OS/c1-11-2-6-13(7-3-11)17-15(21)20-10-12-4-8-14(9-5-12)18-19-16/h2-9H,10H2,1H3,(H,17,21). The van der Waals surface area contributed by atoms with Crippen molar-refractivity contribution >= 4 is 28.8 Å². The van der Waals surface area contributed by atoms with Gasteiger partial charge in [0, 0.05) is 16.3 Å². The van der Waals surface area contributed by atoms with Crippen molar-refractivity contribution in [1.82, 2.24) is 0 Å². The minimum Gasteiger partial charge on any atom is -0.466 e. The van der Waals surface area contributed by atoms with E-state index in [4.69, 9.17) is 22.5 Å². The molecule has 2 aromatic carbocycles. The van der Waals surface area contributed by atoms with E-state index in [1.807, 2.05) is 43.3 Å². The number of anilines is 1. The van der Waals surface area contributed by atoms with Crippen LogP contribution in [0.4, 0.5) is 11.4 Å². The number of hydrogen-bond acceptors (Lipinski definition) is 3. The first kappa shape index (κ1) is 14.8. The van der Waals surface area contributed by atoms with E-state index in [0.717, 1.165) is 11.3 Å². The third kappa shape index (κ3) is 4.80. The zero-order chi connectivity index (χ0) is 15.1. The number of benzene rings is 2. The van der Waals surface area contributed by atoms with Crippen LogP contribution in [0, 0.1) is 6.92 Å². The molecule has 0 aliphatic heterocycles.